The van der Waals surface area contributed by atoms with Gasteiger partial charge in [0.15, 0.2) is 0 Å². The molecule has 0 aliphatic carbocycles. The van der Waals surface area contributed by atoms with E-state index in [9.17, 15) is 10.1 Å². The van der Waals surface area contributed by atoms with Crippen LogP contribution in [0.3, 0.4) is 0 Å². The molecule has 1 aliphatic rings. The Balaban J connectivity index is 1.64. The van der Waals surface area contributed by atoms with Crippen LogP contribution in [0.15, 0.2) is 53.3 Å². The maximum atomic E-state index is 13.6. The molecule has 0 radical (unpaired) electrons. The van der Waals surface area contributed by atoms with Gasteiger partial charge in [0.25, 0.3) is 5.56 Å². The van der Waals surface area contributed by atoms with Gasteiger partial charge in [-0.05, 0) is 49.9 Å². The van der Waals surface area contributed by atoms with Crippen molar-refractivity contribution in [2.75, 3.05) is 0 Å². The fourth-order valence-electron chi connectivity index (χ4n) is 4.86. The summed E-state index contributed by atoms with van der Waals surface area (Å²) in [5.41, 5.74) is 4.92. The van der Waals surface area contributed by atoms with Gasteiger partial charge < -0.3 is 9.57 Å². The monoisotopic (exact) mass is 471 g/mol. The minimum atomic E-state index is -0.133. The van der Waals surface area contributed by atoms with Crippen LogP contribution in [0.25, 0.3) is 11.1 Å². The molecule has 35 heavy (non-hydrogen) atoms. The molecule has 1 fully saturated rings. The average Bonchev–Trinajstić information content (AvgIpc) is 2.84. The summed E-state index contributed by atoms with van der Waals surface area (Å²) in [6, 6.07) is 17.9. The van der Waals surface area contributed by atoms with E-state index in [0.717, 1.165) is 48.1 Å². The highest BCUT2D eigenvalue weighted by Crippen LogP contribution is 2.25. The molecular formula is C29H33N3O3. The number of nitrogens with zero attached hydrogens (tertiary/aromatic N) is 3. The van der Waals surface area contributed by atoms with Crippen LogP contribution >= 0.6 is 0 Å². The predicted molar refractivity (Wildman–Crippen MR) is 136 cm³/mol. The third-order valence-corrected chi connectivity index (χ3v) is 6.47. The molecule has 2 aromatic carbocycles. The van der Waals surface area contributed by atoms with Crippen molar-refractivity contribution in [3.05, 3.63) is 87.1 Å². The number of hydrogen-bond acceptors (Lipinski definition) is 5. The van der Waals surface area contributed by atoms with Crippen LogP contribution in [0.5, 0.6) is 0 Å². The van der Waals surface area contributed by atoms with E-state index in [4.69, 9.17) is 14.6 Å². The van der Waals surface area contributed by atoms with Crippen molar-refractivity contribution in [3.8, 4) is 17.2 Å². The van der Waals surface area contributed by atoms with Gasteiger partial charge in [-0.15, -0.1) is 4.73 Å². The van der Waals surface area contributed by atoms with Gasteiger partial charge in [-0.3, -0.25) is 4.79 Å². The average molecular weight is 472 g/mol. The van der Waals surface area contributed by atoms with Crippen molar-refractivity contribution in [2.45, 2.75) is 78.1 Å². The molecule has 1 aromatic heterocycles. The SMILES string of the molecule is CCCc1nc(C)n(OC2C[C@@H](C)O[C@@H](C)C2)c(=O)c1Cc1ccc(-c2ccccc2C#N)cc1. The fraction of sp³-hybridized carbons (Fsp3) is 0.414. The fourth-order valence-corrected chi connectivity index (χ4v) is 4.86. The van der Waals surface area contributed by atoms with Crippen LogP contribution in [0.4, 0.5) is 0 Å². The quantitative estimate of drug-likeness (QED) is 0.484. The van der Waals surface area contributed by atoms with Crippen molar-refractivity contribution in [2.24, 2.45) is 0 Å². The molecule has 0 N–H and O–H groups in total. The number of hydrogen-bond donors (Lipinski definition) is 0. The molecular weight excluding hydrogens is 438 g/mol. The van der Waals surface area contributed by atoms with Crippen molar-refractivity contribution in [1.29, 1.82) is 5.26 Å². The first-order valence-electron chi connectivity index (χ1n) is 12.4. The normalized spacial score (nSPS) is 19.8. The molecule has 0 amide bonds. The van der Waals surface area contributed by atoms with Crippen LogP contribution in [-0.2, 0) is 17.6 Å². The standard InChI is InChI=1S/C29H33N3O3/c1-5-8-28-27(17-22-11-13-23(14-12-22)26-10-7-6-9-24(26)18-30)29(33)32(21(4)31-28)35-25-15-19(2)34-20(3)16-25/h6-7,9-14,19-20,25H,5,8,15-17H2,1-4H3/t19-,20+,25?. The van der Waals surface area contributed by atoms with Crippen LogP contribution in [0.2, 0.25) is 0 Å². The summed E-state index contributed by atoms with van der Waals surface area (Å²) in [5, 5.41) is 9.42. The van der Waals surface area contributed by atoms with Crippen molar-refractivity contribution in [1.82, 2.24) is 9.71 Å². The summed E-state index contributed by atoms with van der Waals surface area (Å²) < 4.78 is 7.21. The van der Waals surface area contributed by atoms with E-state index in [1.165, 1.54) is 4.73 Å². The van der Waals surface area contributed by atoms with E-state index in [-0.39, 0.29) is 23.9 Å². The number of aromatic nitrogens is 2. The molecule has 3 aromatic rings. The van der Waals surface area contributed by atoms with Gasteiger partial charge in [0.05, 0.1) is 29.5 Å². The van der Waals surface area contributed by atoms with Gasteiger partial charge >= 0.3 is 0 Å². The van der Waals surface area contributed by atoms with Crippen molar-refractivity contribution >= 4 is 0 Å². The summed E-state index contributed by atoms with van der Waals surface area (Å²) in [6.07, 6.45) is 3.71. The summed E-state index contributed by atoms with van der Waals surface area (Å²) in [4.78, 5) is 24.6. The zero-order valence-corrected chi connectivity index (χ0v) is 21.0. The maximum absolute atomic E-state index is 13.6. The highest BCUT2D eigenvalue weighted by atomic mass is 16.7. The van der Waals surface area contributed by atoms with Crippen molar-refractivity contribution < 1.29 is 9.57 Å². The smallest absolute Gasteiger partial charge is 0.290 e. The largest absolute Gasteiger partial charge is 0.406 e. The van der Waals surface area contributed by atoms with Gasteiger partial charge in [0.1, 0.15) is 11.9 Å². The molecule has 4 rings (SSSR count). The number of benzene rings is 2. The van der Waals surface area contributed by atoms with E-state index in [1.807, 2.05) is 69.3 Å². The maximum Gasteiger partial charge on any atom is 0.290 e. The molecule has 0 bridgehead atoms. The Labute approximate surface area is 207 Å². The second-order valence-corrected chi connectivity index (χ2v) is 9.42. The lowest BCUT2D eigenvalue weighted by molar-refractivity contribution is -0.107. The summed E-state index contributed by atoms with van der Waals surface area (Å²) in [6.45, 7) is 8.00. The van der Waals surface area contributed by atoms with Crippen LogP contribution < -0.4 is 10.4 Å². The molecule has 1 unspecified atom stereocenters. The zero-order valence-electron chi connectivity index (χ0n) is 21.0. The second kappa shape index (κ2) is 10.9. The van der Waals surface area contributed by atoms with E-state index in [0.29, 0.717) is 23.4 Å². The third kappa shape index (κ3) is 5.63. The highest BCUT2D eigenvalue weighted by Gasteiger charge is 2.27. The summed E-state index contributed by atoms with van der Waals surface area (Å²) >= 11 is 0. The van der Waals surface area contributed by atoms with E-state index in [2.05, 4.69) is 13.0 Å². The third-order valence-electron chi connectivity index (χ3n) is 6.47. The number of rotatable bonds is 7. The second-order valence-electron chi connectivity index (χ2n) is 9.42. The topological polar surface area (TPSA) is 77.1 Å². The minimum absolute atomic E-state index is 0.0867. The number of nitriles is 1. The lowest BCUT2D eigenvalue weighted by Crippen LogP contribution is -2.43. The molecule has 1 aliphatic heterocycles. The first kappa shape index (κ1) is 24.7. The Bertz CT molecular complexity index is 1260. The Kier molecular flexibility index (Phi) is 7.67. The molecule has 2 heterocycles. The van der Waals surface area contributed by atoms with Gasteiger partial charge in [0.2, 0.25) is 0 Å². The summed E-state index contributed by atoms with van der Waals surface area (Å²) in [7, 11) is 0. The lowest BCUT2D eigenvalue weighted by Gasteiger charge is -2.32. The van der Waals surface area contributed by atoms with E-state index >= 15 is 0 Å². The molecule has 3 atom stereocenters. The Morgan fingerprint density at radius 3 is 2.46 bits per heavy atom. The molecule has 6 nitrogen and oxygen atoms in total. The van der Waals surface area contributed by atoms with E-state index in [1.54, 1.807) is 0 Å². The molecule has 0 saturated carbocycles. The number of aryl methyl sites for hydroxylation is 2. The van der Waals surface area contributed by atoms with Gasteiger partial charge in [0, 0.05) is 24.8 Å². The van der Waals surface area contributed by atoms with Gasteiger partial charge in [-0.2, -0.15) is 5.26 Å². The minimum Gasteiger partial charge on any atom is -0.406 e. The van der Waals surface area contributed by atoms with E-state index < -0.39 is 0 Å². The van der Waals surface area contributed by atoms with Crippen LogP contribution in [0, 0.1) is 18.3 Å². The highest BCUT2D eigenvalue weighted by molar-refractivity contribution is 5.70. The van der Waals surface area contributed by atoms with Gasteiger partial charge in [-0.1, -0.05) is 55.8 Å². The van der Waals surface area contributed by atoms with Crippen molar-refractivity contribution in [3.63, 3.8) is 0 Å². The van der Waals surface area contributed by atoms with Crippen LogP contribution in [0.1, 0.15) is 68.2 Å². The Morgan fingerprint density at radius 2 is 1.80 bits per heavy atom. The van der Waals surface area contributed by atoms with Gasteiger partial charge in [-0.25, -0.2) is 4.98 Å². The predicted octanol–water partition coefficient (Wildman–Crippen LogP) is 5.02. The van der Waals surface area contributed by atoms with Crippen LogP contribution in [-0.4, -0.2) is 28.0 Å². The summed E-state index contributed by atoms with van der Waals surface area (Å²) in [5.74, 6) is 0.581. The first-order chi connectivity index (χ1) is 16.9. The molecule has 6 heteroatoms. The zero-order chi connectivity index (χ0) is 24.9. The molecule has 0 spiro atoms. The Hall–Kier alpha value is -3.43. The molecule has 1 saturated heterocycles. The first-order valence-corrected chi connectivity index (χ1v) is 12.4. The lowest BCUT2D eigenvalue weighted by atomic mass is 9.97. The molecule has 182 valence electrons. The number of ether oxygens (including phenoxy) is 1. The Morgan fingerprint density at radius 1 is 1.11 bits per heavy atom.